The van der Waals surface area contributed by atoms with Gasteiger partial charge < -0.3 is 25.3 Å². The van der Waals surface area contributed by atoms with Crippen LogP contribution in [-0.4, -0.2) is 72.0 Å². The van der Waals surface area contributed by atoms with Gasteiger partial charge in [-0.1, -0.05) is 25.8 Å². The second kappa shape index (κ2) is 12.4. The maximum Gasteiger partial charge on any atom is 0.246 e. The van der Waals surface area contributed by atoms with Gasteiger partial charge in [0, 0.05) is 43.4 Å². The van der Waals surface area contributed by atoms with Crippen molar-refractivity contribution >= 4 is 23.6 Å². The lowest BCUT2D eigenvalue weighted by molar-refractivity contribution is -0.171. The van der Waals surface area contributed by atoms with E-state index in [0.717, 1.165) is 51.7 Å². The number of carbonyl (C=O) groups excluding carboxylic acids is 1. The monoisotopic (exact) mass is 470 g/mol. The summed E-state index contributed by atoms with van der Waals surface area (Å²) in [6.07, 6.45) is 8.46. The first-order valence-corrected chi connectivity index (χ1v) is 12.8. The summed E-state index contributed by atoms with van der Waals surface area (Å²) in [5.74, 6) is -0.168. The molecule has 0 bridgehead atoms. The highest BCUT2D eigenvalue weighted by Gasteiger charge is 2.31. The van der Waals surface area contributed by atoms with Crippen molar-refractivity contribution in [3.63, 3.8) is 0 Å². The molecule has 2 heterocycles. The molecule has 0 saturated carbocycles. The van der Waals surface area contributed by atoms with E-state index in [9.17, 15) is 9.90 Å². The van der Waals surface area contributed by atoms with Crippen LogP contribution in [0, 0.1) is 16.7 Å². The molecule has 4 N–H and O–H groups in total. The van der Waals surface area contributed by atoms with Crippen molar-refractivity contribution in [1.29, 1.82) is 5.41 Å². The predicted octanol–water partition coefficient (Wildman–Crippen LogP) is 3.45. The number of ether oxygens (including phenoxy) is 2. The third-order valence-corrected chi connectivity index (χ3v) is 7.01. The van der Waals surface area contributed by atoms with Crippen LogP contribution in [0.2, 0.25) is 0 Å². The van der Waals surface area contributed by atoms with E-state index in [0.29, 0.717) is 19.1 Å². The van der Waals surface area contributed by atoms with Gasteiger partial charge >= 0.3 is 0 Å². The van der Waals surface area contributed by atoms with Gasteiger partial charge in [0.2, 0.25) is 5.91 Å². The molecule has 32 heavy (non-hydrogen) atoms. The first-order valence-electron chi connectivity index (χ1n) is 11.6. The van der Waals surface area contributed by atoms with Gasteiger partial charge in [0.15, 0.2) is 12.2 Å². The van der Waals surface area contributed by atoms with Crippen LogP contribution in [0.25, 0.3) is 0 Å². The van der Waals surface area contributed by atoms with E-state index < -0.39 is 11.0 Å². The fraction of sp³-hybridized carbons (Fsp3) is 0.826. The SMILES string of the molecule is CSN1CCC[C@@H](CNC(C)(C)C(=O)N/C(O)=C/C(=N)C(C)(C)COC2CCCCO2)C1. The molecule has 2 aliphatic heterocycles. The van der Waals surface area contributed by atoms with E-state index in [1.807, 2.05) is 13.8 Å². The third kappa shape index (κ3) is 8.67. The highest BCUT2D eigenvalue weighted by atomic mass is 32.2. The van der Waals surface area contributed by atoms with Crippen LogP contribution in [0.5, 0.6) is 0 Å². The van der Waals surface area contributed by atoms with Gasteiger partial charge in [0.1, 0.15) is 0 Å². The average molecular weight is 471 g/mol. The summed E-state index contributed by atoms with van der Waals surface area (Å²) in [5, 5.41) is 24.5. The largest absolute Gasteiger partial charge is 0.494 e. The lowest BCUT2D eigenvalue weighted by atomic mass is 9.88. The van der Waals surface area contributed by atoms with Crippen molar-refractivity contribution in [3.05, 3.63) is 12.0 Å². The number of piperidine rings is 1. The minimum Gasteiger partial charge on any atom is -0.494 e. The molecule has 1 unspecified atom stereocenters. The summed E-state index contributed by atoms with van der Waals surface area (Å²) in [4.78, 5) is 12.7. The van der Waals surface area contributed by atoms with E-state index in [1.54, 1.807) is 25.8 Å². The number of aliphatic hydroxyl groups excluding tert-OH is 1. The third-order valence-electron chi connectivity index (χ3n) is 6.16. The predicted molar refractivity (Wildman–Crippen MR) is 130 cm³/mol. The van der Waals surface area contributed by atoms with Gasteiger partial charge in [-0.15, -0.1) is 0 Å². The Morgan fingerprint density at radius 3 is 2.69 bits per heavy atom. The topological polar surface area (TPSA) is 107 Å². The zero-order valence-electron chi connectivity index (χ0n) is 20.3. The number of hydrogen-bond donors (Lipinski definition) is 4. The standard InChI is InChI=1S/C23H42N4O4S/c1-22(2,16-31-20-10-6-7-12-30-20)18(24)13-19(28)26-21(29)23(3,4)25-14-17-9-8-11-27(15-17)32-5/h13,17,20,24-25,28H,6-12,14-16H2,1-5H3,(H,26,29)/b19-13-,24-18?/t17-,20?/m0/s1. The van der Waals surface area contributed by atoms with Crippen molar-refractivity contribution in [2.24, 2.45) is 11.3 Å². The Balaban J connectivity index is 1.82. The van der Waals surface area contributed by atoms with Gasteiger partial charge in [0.25, 0.3) is 0 Å². The molecule has 0 aromatic rings. The summed E-state index contributed by atoms with van der Waals surface area (Å²) in [7, 11) is 0. The summed E-state index contributed by atoms with van der Waals surface area (Å²) < 4.78 is 13.7. The number of aliphatic hydroxyl groups is 1. The number of amides is 1. The smallest absolute Gasteiger partial charge is 0.246 e. The molecule has 1 amide bonds. The number of nitrogens with one attached hydrogen (secondary N) is 3. The van der Waals surface area contributed by atoms with Crippen LogP contribution < -0.4 is 10.6 Å². The number of rotatable bonds is 11. The molecule has 9 heteroatoms. The average Bonchev–Trinajstić information content (AvgIpc) is 2.77. The van der Waals surface area contributed by atoms with Gasteiger partial charge in [-0.3, -0.25) is 14.4 Å². The molecule has 0 aromatic heterocycles. The van der Waals surface area contributed by atoms with Crippen LogP contribution in [0.1, 0.15) is 59.8 Å². The maximum atomic E-state index is 12.7. The van der Waals surface area contributed by atoms with Crippen LogP contribution in [0.4, 0.5) is 0 Å². The molecule has 0 aromatic carbocycles. The minimum absolute atomic E-state index is 0.177. The Kier molecular flexibility index (Phi) is 10.5. The molecule has 0 radical (unpaired) electrons. The van der Waals surface area contributed by atoms with E-state index in [4.69, 9.17) is 14.9 Å². The molecule has 2 atom stereocenters. The maximum absolute atomic E-state index is 12.7. The molecule has 0 spiro atoms. The Labute approximate surface area is 197 Å². The highest BCUT2D eigenvalue weighted by molar-refractivity contribution is 7.96. The summed E-state index contributed by atoms with van der Waals surface area (Å²) >= 11 is 1.77. The van der Waals surface area contributed by atoms with Crippen molar-refractivity contribution in [2.75, 3.05) is 39.1 Å². The van der Waals surface area contributed by atoms with Gasteiger partial charge in [-0.25, -0.2) is 0 Å². The summed E-state index contributed by atoms with van der Waals surface area (Å²) in [6, 6.07) is 0. The molecule has 0 aliphatic carbocycles. The molecule has 2 saturated heterocycles. The van der Waals surface area contributed by atoms with Crippen molar-refractivity contribution in [2.45, 2.75) is 71.6 Å². The Bertz CT molecular complexity index is 662. The highest BCUT2D eigenvalue weighted by Crippen LogP contribution is 2.23. The zero-order valence-corrected chi connectivity index (χ0v) is 21.1. The second-order valence-electron chi connectivity index (χ2n) is 9.97. The Hall–Kier alpha value is -1.13. The molecule has 8 nitrogen and oxygen atoms in total. The van der Waals surface area contributed by atoms with Gasteiger partial charge in [-0.05, 0) is 58.1 Å². The molecule has 2 rings (SSSR count). The first-order chi connectivity index (χ1) is 15.0. The second-order valence-corrected chi connectivity index (χ2v) is 10.9. The number of carbonyl (C=O) groups is 1. The minimum atomic E-state index is -0.845. The van der Waals surface area contributed by atoms with E-state index >= 15 is 0 Å². The number of hydrogen-bond acceptors (Lipinski definition) is 8. The van der Waals surface area contributed by atoms with Crippen molar-refractivity contribution in [3.8, 4) is 0 Å². The van der Waals surface area contributed by atoms with Crippen LogP contribution in [-0.2, 0) is 14.3 Å². The lowest BCUT2D eigenvalue weighted by Gasteiger charge is -2.33. The first kappa shape index (κ1) is 27.1. The van der Waals surface area contributed by atoms with Crippen molar-refractivity contribution < 1.29 is 19.4 Å². The van der Waals surface area contributed by atoms with Crippen LogP contribution in [0.15, 0.2) is 12.0 Å². The fourth-order valence-corrected chi connectivity index (χ4v) is 4.37. The molecule has 184 valence electrons. The summed E-state index contributed by atoms with van der Waals surface area (Å²) in [6.45, 7) is 11.2. The van der Waals surface area contributed by atoms with Crippen LogP contribution >= 0.6 is 11.9 Å². The molecule has 2 fully saturated rings. The molecule has 2 aliphatic rings. The molecular weight excluding hydrogens is 428 g/mol. The van der Waals surface area contributed by atoms with Gasteiger partial charge in [0.05, 0.1) is 12.1 Å². The summed E-state index contributed by atoms with van der Waals surface area (Å²) in [5.41, 5.74) is -1.30. The Morgan fingerprint density at radius 2 is 2.03 bits per heavy atom. The van der Waals surface area contributed by atoms with Gasteiger partial charge in [-0.2, -0.15) is 0 Å². The van der Waals surface area contributed by atoms with Crippen molar-refractivity contribution in [1.82, 2.24) is 14.9 Å². The van der Waals surface area contributed by atoms with E-state index in [2.05, 4.69) is 21.2 Å². The van der Waals surface area contributed by atoms with Crippen LogP contribution in [0.3, 0.4) is 0 Å². The Morgan fingerprint density at radius 1 is 1.28 bits per heavy atom. The zero-order chi connectivity index (χ0) is 23.8. The number of nitrogens with zero attached hydrogens (tertiary/aromatic N) is 1. The quantitative estimate of drug-likeness (QED) is 0.208. The fourth-order valence-electron chi connectivity index (χ4n) is 3.70. The molecular formula is C23H42N4O4S. The lowest BCUT2D eigenvalue weighted by Crippen LogP contribution is -2.54. The van der Waals surface area contributed by atoms with E-state index in [1.165, 1.54) is 6.08 Å². The number of allylic oxidation sites excluding steroid dienone is 1. The normalized spacial score (nSPS) is 23.7. The van der Waals surface area contributed by atoms with E-state index in [-0.39, 0.29) is 23.8 Å².